The van der Waals surface area contributed by atoms with Crippen LogP contribution in [0.4, 0.5) is 5.69 Å². The van der Waals surface area contributed by atoms with Gasteiger partial charge in [0.05, 0.1) is 29.9 Å². The molecule has 0 fully saturated rings. The monoisotopic (exact) mass is 413 g/mol. The molecule has 1 aliphatic heterocycles. The van der Waals surface area contributed by atoms with Gasteiger partial charge >= 0.3 is 0 Å². The molecule has 0 aliphatic carbocycles. The summed E-state index contributed by atoms with van der Waals surface area (Å²) in [5, 5.41) is 0. The molecule has 31 heavy (non-hydrogen) atoms. The number of pyridine rings is 1. The van der Waals surface area contributed by atoms with Crippen molar-refractivity contribution in [1.29, 1.82) is 0 Å². The molecule has 2 aromatic carbocycles. The molecule has 0 unspecified atom stereocenters. The van der Waals surface area contributed by atoms with E-state index < -0.39 is 5.92 Å². The largest absolute Gasteiger partial charge is 0.494 e. The number of hydrogen-bond acceptors (Lipinski definition) is 5. The lowest BCUT2D eigenvalue weighted by molar-refractivity contribution is -0.118. The van der Waals surface area contributed by atoms with Gasteiger partial charge in [0.25, 0.3) is 5.91 Å². The molecule has 2 amide bonds. The quantitative estimate of drug-likeness (QED) is 0.438. The summed E-state index contributed by atoms with van der Waals surface area (Å²) in [4.78, 5) is 36.7. The van der Waals surface area contributed by atoms with E-state index in [1.54, 1.807) is 48.8 Å². The maximum atomic E-state index is 13.4. The first-order valence-corrected chi connectivity index (χ1v) is 10.2. The number of anilines is 1. The number of nitrogens with zero attached hydrogens (tertiary/aromatic N) is 3. The second kappa shape index (κ2) is 8.92. The number of fused-ring (bicyclic) bond motifs is 1. The third-order valence-electron chi connectivity index (χ3n) is 5.20. The van der Waals surface area contributed by atoms with Crippen molar-refractivity contribution in [1.82, 2.24) is 4.98 Å². The normalized spacial score (nSPS) is 17.0. The fourth-order valence-electron chi connectivity index (χ4n) is 3.62. The predicted molar refractivity (Wildman–Crippen MR) is 120 cm³/mol. The van der Waals surface area contributed by atoms with E-state index in [-0.39, 0.29) is 17.9 Å². The van der Waals surface area contributed by atoms with Gasteiger partial charge in [0, 0.05) is 18.0 Å². The Hall–Kier alpha value is -3.80. The van der Waals surface area contributed by atoms with Crippen molar-refractivity contribution in [2.24, 2.45) is 4.99 Å². The first-order chi connectivity index (χ1) is 15.1. The van der Waals surface area contributed by atoms with E-state index in [4.69, 9.17) is 4.74 Å². The number of carbonyl (C=O) groups excluding carboxylic acids is 2. The molecule has 6 heteroatoms. The average molecular weight is 413 g/mol. The Morgan fingerprint density at radius 3 is 2.52 bits per heavy atom. The van der Waals surface area contributed by atoms with Crippen LogP contribution in [0.25, 0.3) is 0 Å². The minimum Gasteiger partial charge on any atom is -0.494 e. The molecular formula is C25H23N3O3. The minimum absolute atomic E-state index is 0.210. The molecule has 0 saturated carbocycles. The van der Waals surface area contributed by atoms with E-state index >= 15 is 0 Å². The Balaban J connectivity index is 1.69. The lowest BCUT2D eigenvalue weighted by Crippen LogP contribution is -2.45. The van der Waals surface area contributed by atoms with Crippen molar-refractivity contribution in [3.8, 4) is 5.75 Å². The predicted octanol–water partition coefficient (Wildman–Crippen LogP) is 4.58. The van der Waals surface area contributed by atoms with Crippen LogP contribution >= 0.6 is 0 Å². The summed E-state index contributed by atoms with van der Waals surface area (Å²) in [6, 6.07) is 19.6. The minimum atomic E-state index is -0.661. The van der Waals surface area contributed by atoms with E-state index in [1.165, 1.54) is 4.90 Å². The molecule has 0 N–H and O–H groups in total. The number of benzene rings is 2. The molecule has 0 spiro atoms. The average Bonchev–Trinajstić information content (AvgIpc) is 2.81. The highest BCUT2D eigenvalue weighted by Gasteiger charge is 2.38. The highest BCUT2D eigenvalue weighted by molar-refractivity contribution is 6.29. The van der Waals surface area contributed by atoms with Gasteiger partial charge in [-0.25, -0.2) is 4.90 Å². The van der Waals surface area contributed by atoms with Crippen LogP contribution in [-0.4, -0.2) is 29.6 Å². The molecule has 1 aromatic heterocycles. The number of hydrogen-bond donors (Lipinski definition) is 0. The van der Waals surface area contributed by atoms with Crippen molar-refractivity contribution in [3.63, 3.8) is 0 Å². The Morgan fingerprint density at radius 2 is 1.81 bits per heavy atom. The first kappa shape index (κ1) is 20.5. The van der Waals surface area contributed by atoms with Crippen LogP contribution in [0.3, 0.4) is 0 Å². The fraction of sp³-hybridized carbons (Fsp3) is 0.200. The lowest BCUT2D eigenvalue weighted by Gasteiger charge is -2.31. The SMILES string of the molecule is CCOc1ccc(N2C(=O)c3ccccc3[C@H](C=N[C@H](C)c3ccccn3)C2=O)cc1. The van der Waals surface area contributed by atoms with Gasteiger partial charge in [-0.3, -0.25) is 19.6 Å². The van der Waals surface area contributed by atoms with E-state index in [9.17, 15) is 9.59 Å². The van der Waals surface area contributed by atoms with Crippen molar-refractivity contribution in [2.75, 3.05) is 11.5 Å². The zero-order valence-corrected chi connectivity index (χ0v) is 17.4. The molecule has 2 atom stereocenters. The van der Waals surface area contributed by atoms with E-state index in [1.807, 2.05) is 44.2 Å². The zero-order valence-electron chi connectivity index (χ0n) is 17.4. The highest BCUT2D eigenvalue weighted by Crippen LogP contribution is 2.33. The molecule has 0 bridgehead atoms. The van der Waals surface area contributed by atoms with Crippen LogP contribution in [-0.2, 0) is 4.79 Å². The standard InChI is InChI=1S/C25H23N3O3/c1-3-31-19-13-11-18(12-14-19)28-24(29)21-9-5-4-8-20(21)22(25(28)30)16-27-17(2)23-10-6-7-15-26-23/h4-17,22H,3H2,1-2H3/t17-,22+/m1/s1. The van der Waals surface area contributed by atoms with Gasteiger partial charge in [0.2, 0.25) is 5.91 Å². The Kier molecular flexibility index (Phi) is 5.89. The second-order valence-corrected chi connectivity index (χ2v) is 7.20. The zero-order chi connectivity index (χ0) is 21.8. The topological polar surface area (TPSA) is 71.9 Å². The second-order valence-electron chi connectivity index (χ2n) is 7.20. The molecule has 156 valence electrons. The van der Waals surface area contributed by atoms with Gasteiger partial charge in [0.1, 0.15) is 5.75 Å². The number of amides is 2. The highest BCUT2D eigenvalue weighted by atomic mass is 16.5. The summed E-state index contributed by atoms with van der Waals surface area (Å²) in [5.74, 6) is -0.644. The number of rotatable bonds is 6. The molecular weight excluding hydrogens is 390 g/mol. The molecule has 1 aliphatic rings. The number of aliphatic imine (C=N–C) groups is 1. The van der Waals surface area contributed by atoms with Gasteiger partial charge in [-0.2, -0.15) is 0 Å². The van der Waals surface area contributed by atoms with E-state index in [0.29, 0.717) is 29.2 Å². The number of carbonyl (C=O) groups is 2. The molecule has 0 saturated heterocycles. The van der Waals surface area contributed by atoms with Crippen LogP contribution in [0.15, 0.2) is 77.9 Å². The molecule has 3 aromatic rings. The van der Waals surface area contributed by atoms with E-state index in [0.717, 1.165) is 5.69 Å². The Bertz CT molecular complexity index is 1110. The van der Waals surface area contributed by atoms with Gasteiger partial charge in [-0.1, -0.05) is 24.3 Å². The summed E-state index contributed by atoms with van der Waals surface area (Å²) >= 11 is 0. The fourth-order valence-corrected chi connectivity index (χ4v) is 3.62. The summed E-state index contributed by atoms with van der Waals surface area (Å²) < 4.78 is 5.47. The number of aromatic nitrogens is 1. The van der Waals surface area contributed by atoms with Gasteiger partial charge in [-0.15, -0.1) is 0 Å². The lowest BCUT2D eigenvalue weighted by atomic mass is 9.88. The first-order valence-electron chi connectivity index (χ1n) is 10.2. The van der Waals surface area contributed by atoms with Crippen LogP contribution in [0.1, 0.15) is 47.4 Å². The van der Waals surface area contributed by atoms with Gasteiger partial charge < -0.3 is 4.74 Å². The Morgan fingerprint density at radius 1 is 1.06 bits per heavy atom. The molecule has 4 rings (SSSR count). The van der Waals surface area contributed by atoms with Crippen molar-refractivity contribution < 1.29 is 14.3 Å². The summed E-state index contributed by atoms with van der Waals surface area (Å²) in [7, 11) is 0. The Labute approximate surface area is 181 Å². The smallest absolute Gasteiger partial charge is 0.265 e. The van der Waals surface area contributed by atoms with Crippen LogP contribution in [0.5, 0.6) is 5.75 Å². The molecule has 0 radical (unpaired) electrons. The molecule has 2 heterocycles. The number of imide groups is 1. The maximum absolute atomic E-state index is 13.4. The van der Waals surface area contributed by atoms with Crippen LogP contribution in [0.2, 0.25) is 0 Å². The summed E-state index contributed by atoms with van der Waals surface area (Å²) in [6.07, 6.45) is 3.35. The van der Waals surface area contributed by atoms with Crippen LogP contribution in [0, 0.1) is 0 Å². The van der Waals surface area contributed by atoms with Gasteiger partial charge in [0.15, 0.2) is 0 Å². The summed E-state index contributed by atoms with van der Waals surface area (Å²) in [6.45, 7) is 4.37. The van der Waals surface area contributed by atoms with Crippen LogP contribution < -0.4 is 9.64 Å². The maximum Gasteiger partial charge on any atom is 0.265 e. The van der Waals surface area contributed by atoms with Gasteiger partial charge in [-0.05, 0) is 61.9 Å². The number of ether oxygens (including phenoxy) is 1. The third-order valence-corrected chi connectivity index (χ3v) is 5.20. The third kappa shape index (κ3) is 4.10. The summed E-state index contributed by atoms with van der Waals surface area (Å²) in [5.41, 5.74) is 2.48. The van der Waals surface area contributed by atoms with Crippen molar-refractivity contribution >= 4 is 23.7 Å². The molecule has 6 nitrogen and oxygen atoms in total. The van der Waals surface area contributed by atoms with Crippen molar-refractivity contribution in [2.45, 2.75) is 25.8 Å². The van der Waals surface area contributed by atoms with E-state index in [2.05, 4.69) is 9.98 Å². The van der Waals surface area contributed by atoms with Crippen molar-refractivity contribution in [3.05, 3.63) is 89.7 Å².